The molecule has 4 heteroatoms. The van der Waals surface area contributed by atoms with Crippen LogP contribution in [0.3, 0.4) is 0 Å². The zero-order valence-electron chi connectivity index (χ0n) is 9.65. The molecule has 0 saturated heterocycles. The van der Waals surface area contributed by atoms with Gasteiger partial charge in [0, 0.05) is 12.1 Å². The van der Waals surface area contributed by atoms with Crippen molar-refractivity contribution < 1.29 is 4.39 Å². The van der Waals surface area contributed by atoms with Crippen molar-refractivity contribution in [2.45, 2.75) is 6.54 Å². The summed E-state index contributed by atoms with van der Waals surface area (Å²) in [6.45, 7) is 0.489. The van der Waals surface area contributed by atoms with Crippen molar-refractivity contribution in [1.82, 2.24) is 9.97 Å². The summed E-state index contributed by atoms with van der Waals surface area (Å²) in [5, 5.41) is 0. The van der Waals surface area contributed by atoms with Crippen molar-refractivity contribution in [1.29, 1.82) is 0 Å². The van der Waals surface area contributed by atoms with E-state index in [-0.39, 0.29) is 5.82 Å². The van der Waals surface area contributed by atoms with E-state index in [4.69, 9.17) is 5.73 Å². The number of aromatic amines is 1. The summed E-state index contributed by atoms with van der Waals surface area (Å²) in [5.74, 6) is 0.458. The highest BCUT2D eigenvalue weighted by molar-refractivity contribution is 5.79. The smallest absolute Gasteiger partial charge is 0.138 e. The fourth-order valence-corrected chi connectivity index (χ4v) is 1.96. The first kappa shape index (κ1) is 10.9. The number of hydrogen-bond donors (Lipinski definition) is 2. The van der Waals surface area contributed by atoms with Crippen LogP contribution in [0.4, 0.5) is 4.39 Å². The summed E-state index contributed by atoms with van der Waals surface area (Å²) >= 11 is 0. The Morgan fingerprint density at radius 2 is 2.06 bits per heavy atom. The van der Waals surface area contributed by atoms with Crippen LogP contribution in [0, 0.1) is 5.82 Å². The Morgan fingerprint density at radius 3 is 2.89 bits per heavy atom. The number of benzene rings is 2. The molecule has 3 aromatic rings. The van der Waals surface area contributed by atoms with Crippen LogP contribution in [-0.2, 0) is 6.54 Å². The van der Waals surface area contributed by atoms with Gasteiger partial charge >= 0.3 is 0 Å². The predicted octanol–water partition coefficient (Wildman–Crippen LogP) is 2.83. The van der Waals surface area contributed by atoms with Gasteiger partial charge in [-0.25, -0.2) is 9.37 Å². The number of rotatable bonds is 2. The Hall–Kier alpha value is -2.20. The molecule has 0 amide bonds. The number of imidazole rings is 1. The highest BCUT2D eigenvalue weighted by Crippen LogP contribution is 2.21. The van der Waals surface area contributed by atoms with Crippen LogP contribution < -0.4 is 5.73 Å². The minimum atomic E-state index is -0.270. The van der Waals surface area contributed by atoms with Crippen LogP contribution in [0.15, 0.2) is 42.5 Å². The highest BCUT2D eigenvalue weighted by atomic mass is 19.1. The Bertz CT molecular complexity index is 703. The van der Waals surface area contributed by atoms with Gasteiger partial charge in [-0.05, 0) is 29.8 Å². The second-order valence-electron chi connectivity index (χ2n) is 4.15. The average Bonchev–Trinajstić information content (AvgIpc) is 2.81. The molecule has 0 unspecified atom stereocenters. The third-order valence-electron chi connectivity index (χ3n) is 2.88. The van der Waals surface area contributed by atoms with Crippen molar-refractivity contribution >= 4 is 11.0 Å². The van der Waals surface area contributed by atoms with E-state index in [2.05, 4.69) is 9.97 Å². The van der Waals surface area contributed by atoms with Crippen LogP contribution in [0.25, 0.3) is 22.4 Å². The van der Waals surface area contributed by atoms with Gasteiger partial charge in [-0.2, -0.15) is 0 Å². The second-order valence-corrected chi connectivity index (χ2v) is 4.15. The summed E-state index contributed by atoms with van der Waals surface area (Å²) in [7, 11) is 0. The number of halogens is 1. The molecule has 0 aliphatic carbocycles. The fourth-order valence-electron chi connectivity index (χ4n) is 1.96. The minimum Gasteiger partial charge on any atom is -0.338 e. The first-order valence-corrected chi connectivity index (χ1v) is 5.71. The summed E-state index contributed by atoms with van der Waals surface area (Å²) in [4.78, 5) is 7.55. The summed E-state index contributed by atoms with van der Waals surface area (Å²) in [5.41, 5.74) is 9.06. The van der Waals surface area contributed by atoms with Gasteiger partial charge in [-0.3, -0.25) is 0 Å². The zero-order chi connectivity index (χ0) is 12.5. The number of fused-ring (bicyclic) bond motifs is 1. The SMILES string of the molecule is NCc1cccc(-c2nc3ccc(F)cc3[nH]2)c1. The van der Waals surface area contributed by atoms with Gasteiger partial charge < -0.3 is 10.7 Å². The molecule has 0 bridgehead atoms. The molecular weight excluding hydrogens is 229 g/mol. The van der Waals surface area contributed by atoms with Crippen LogP contribution >= 0.6 is 0 Å². The third-order valence-corrected chi connectivity index (χ3v) is 2.88. The summed E-state index contributed by atoms with van der Waals surface area (Å²) < 4.78 is 13.1. The molecule has 0 aliphatic heterocycles. The Balaban J connectivity index is 2.13. The standard InChI is InChI=1S/C14H12FN3/c15-11-4-5-12-13(7-11)18-14(17-12)10-3-1-2-9(6-10)8-16/h1-7H,8,16H2,(H,17,18). The van der Waals surface area contributed by atoms with E-state index in [0.717, 1.165) is 22.5 Å². The lowest BCUT2D eigenvalue weighted by molar-refractivity contribution is 0.629. The van der Waals surface area contributed by atoms with Crippen molar-refractivity contribution in [3.05, 3.63) is 53.8 Å². The maximum absolute atomic E-state index is 13.1. The van der Waals surface area contributed by atoms with Crippen LogP contribution in [-0.4, -0.2) is 9.97 Å². The molecule has 3 nitrogen and oxygen atoms in total. The van der Waals surface area contributed by atoms with Crippen LogP contribution in [0.1, 0.15) is 5.56 Å². The molecule has 0 radical (unpaired) electrons. The lowest BCUT2D eigenvalue weighted by Gasteiger charge is -1.99. The van der Waals surface area contributed by atoms with Gasteiger partial charge in [0.2, 0.25) is 0 Å². The second kappa shape index (κ2) is 4.23. The molecular formula is C14H12FN3. The Kier molecular flexibility index (Phi) is 2.57. The molecule has 18 heavy (non-hydrogen) atoms. The molecule has 0 atom stereocenters. The van der Waals surface area contributed by atoms with Crippen molar-refractivity contribution in [2.24, 2.45) is 5.73 Å². The van der Waals surface area contributed by atoms with Crippen LogP contribution in [0.2, 0.25) is 0 Å². The number of nitrogens with zero attached hydrogens (tertiary/aromatic N) is 1. The monoisotopic (exact) mass is 241 g/mol. The van der Waals surface area contributed by atoms with Gasteiger partial charge in [-0.1, -0.05) is 18.2 Å². The molecule has 3 N–H and O–H groups in total. The number of aromatic nitrogens is 2. The summed E-state index contributed by atoms with van der Waals surface area (Å²) in [6.07, 6.45) is 0. The van der Waals surface area contributed by atoms with Gasteiger partial charge in [0.25, 0.3) is 0 Å². The quantitative estimate of drug-likeness (QED) is 0.724. The van der Waals surface area contributed by atoms with Crippen LogP contribution in [0.5, 0.6) is 0 Å². The summed E-state index contributed by atoms with van der Waals surface area (Å²) in [6, 6.07) is 12.3. The largest absolute Gasteiger partial charge is 0.338 e. The number of nitrogens with two attached hydrogens (primary N) is 1. The van der Waals surface area contributed by atoms with Crippen molar-refractivity contribution in [2.75, 3.05) is 0 Å². The van der Waals surface area contributed by atoms with Gasteiger partial charge in [-0.15, -0.1) is 0 Å². The molecule has 0 aliphatic rings. The van der Waals surface area contributed by atoms with E-state index >= 15 is 0 Å². The molecule has 1 heterocycles. The maximum Gasteiger partial charge on any atom is 0.138 e. The third kappa shape index (κ3) is 1.87. The van der Waals surface area contributed by atoms with E-state index in [0.29, 0.717) is 12.1 Å². The molecule has 3 rings (SSSR count). The minimum absolute atomic E-state index is 0.270. The Labute approximate surface area is 103 Å². The number of hydrogen-bond acceptors (Lipinski definition) is 2. The lowest BCUT2D eigenvalue weighted by Crippen LogP contribution is -1.95. The fraction of sp³-hybridized carbons (Fsp3) is 0.0714. The van der Waals surface area contributed by atoms with Gasteiger partial charge in [0.15, 0.2) is 0 Å². The molecule has 90 valence electrons. The van der Waals surface area contributed by atoms with E-state index < -0.39 is 0 Å². The van der Waals surface area contributed by atoms with E-state index in [1.807, 2.05) is 24.3 Å². The van der Waals surface area contributed by atoms with E-state index in [1.165, 1.54) is 12.1 Å². The molecule has 0 spiro atoms. The predicted molar refractivity (Wildman–Crippen MR) is 69.4 cm³/mol. The van der Waals surface area contributed by atoms with Crippen molar-refractivity contribution in [3.63, 3.8) is 0 Å². The normalized spacial score (nSPS) is 11.0. The molecule has 2 aromatic carbocycles. The first-order chi connectivity index (χ1) is 8.76. The van der Waals surface area contributed by atoms with Gasteiger partial charge in [0.05, 0.1) is 11.0 Å². The number of nitrogens with one attached hydrogen (secondary N) is 1. The topological polar surface area (TPSA) is 54.7 Å². The maximum atomic E-state index is 13.1. The molecule has 0 fully saturated rings. The Morgan fingerprint density at radius 1 is 1.17 bits per heavy atom. The average molecular weight is 241 g/mol. The van der Waals surface area contributed by atoms with Crippen molar-refractivity contribution in [3.8, 4) is 11.4 Å². The van der Waals surface area contributed by atoms with E-state index in [1.54, 1.807) is 6.07 Å². The first-order valence-electron chi connectivity index (χ1n) is 5.71. The lowest BCUT2D eigenvalue weighted by atomic mass is 10.1. The molecule has 0 saturated carbocycles. The molecule has 1 aromatic heterocycles. The van der Waals surface area contributed by atoms with E-state index in [9.17, 15) is 4.39 Å². The number of H-pyrrole nitrogens is 1. The van der Waals surface area contributed by atoms with Gasteiger partial charge in [0.1, 0.15) is 11.6 Å². The highest BCUT2D eigenvalue weighted by Gasteiger charge is 2.06. The zero-order valence-corrected chi connectivity index (χ0v) is 9.65.